The normalized spacial score (nSPS) is 18.4. The zero-order chi connectivity index (χ0) is 9.84. The summed E-state index contributed by atoms with van der Waals surface area (Å²) in [5, 5.41) is 3.27. The maximum atomic E-state index is 11.6. The third kappa shape index (κ3) is 3.35. The summed E-state index contributed by atoms with van der Waals surface area (Å²) >= 11 is 0. The minimum absolute atomic E-state index is 0.0226. The highest BCUT2D eigenvalue weighted by Gasteiger charge is 2.23. The van der Waals surface area contributed by atoms with Gasteiger partial charge in [-0.25, -0.2) is 0 Å². The van der Waals surface area contributed by atoms with Crippen LogP contribution >= 0.6 is 0 Å². The third-order valence-electron chi connectivity index (χ3n) is 2.63. The number of carbonyl (C=O) groups is 1. The number of carbonyl (C=O) groups excluding carboxylic acids is 1. The van der Waals surface area contributed by atoms with E-state index >= 15 is 0 Å². The topological polar surface area (TPSA) is 32.3 Å². The van der Waals surface area contributed by atoms with Gasteiger partial charge in [-0.05, 0) is 39.2 Å². The first-order valence-corrected chi connectivity index (χ1v) is 5.13. The highest BCUT2D eigenvalue weighted by molar-refractivity contribution is 5.81. The highest BCUT2D eigenvalue weighted by atomic mass is 16.2. The van der Waals surface area contributed by atoms with Crippen molar-refractivity contribution in [3.8, 4) is 0 Å². The summed E-state index contributed by atoms with van der Waals surface area (Å²) in [6, 6.07) is -0.0226. The predicted octanol–water partition coefficient (Wildman–Crippen LogP) is 0.853. The van der Waals surface area contributed by atoms with Gasteiger partial charge in [0, 0.05) is 13.6 Å². The first-order valence-electron chi connectivity index (χ1n) is 5.13. The van der Waals surface area contributed by atoms with Crippen LogP contribution in [0.2, 0.25) is 0 Å². The van der Waals surface area contributed by atoms with E-state index in [1.807, 2.05) is 20.9 Å². The van der Waals surface area contributed by atoms with Gasteiger partial charge in [-0.15, -0.1) is 0 Å². The molecule has 1 aliphatic rings. The molecule has 0 spiro atoms. The van der Waals surface area contributed by atoms with Crippen molar-refractivity contribution in [3.63, 3.8) is 0 Å². The van der Waals surface area contributed by atoms with E-state index in [0.717, 1.165) is 19.0 Å². The molecule has 0 aromatic heterocycles. The molecule has 0 radical (unpaired) electrons. The van der Waals surface area contributed by atoms with E-state index in [0.29, 0.717) is 0 Å². The first kappa shape index (κ1) is 10.5. The molecule has 1 aliphatic carbocycles. The Kier molecular flexibility index (Phi) is 3.72. The average Bonchev–Trinajstić information content (AvgIpc) is 2.95. The van der Waals surface area contributed by atoms with Crippen LogP contribution in [0.5, 0.6) is 0 Å². The van der Waals surface area contributed by atoms with E-state index < -0.39 is 0 Å². The second kappa shape index (κ2) is 4.61. The Morgan fingerprint density at radius 1 is 1.62 bits per heavy atom. The van der Waals surface area contributed by atoms with Gasteiger partial charge in [0.15, 0.2) is 0 Å². The Hall–Kier alpha value is -0.570. The van der Waals surface area contributed by atoms with Crippen molar-refractivity contribution in [2.75, 3.05) is 20.1 Å². The molecule has 0 aromatic carbocycles. The lowest BCUT2D eigenvalue weighted by atomic mass is 10.2. The van der Waals surface area contributed by atoms with Crippen LogP contribution in [-0.2, 0) is 4.79 Å². The van der Waals surface area contributed by atoms with E-state index in [1.54, 1.807) is 4.90 Å². The van der Waals surface area contributed by atoms with Crippen molar-refractivity contribution >= 4 is 5.91 Å². The Bertz CT molecular complexity index is 178. The summed E-state index contributed by atoms with van der Waals surface area (Å²) in [5.74, 6) is 1.03. The van der Waals surface area contributed by atoms with Gasteiger partial charge in [-0.1, -0.05) is 0 Å². The Morgan fingerprint density at radius 3 is 2.69 bits per heavy atom. The number of hydrogen-bond acceptors (Lipinski definition) is 2. The fraction of sp³-hybridized carbons (Fsp3) is 0.900. The van der Waals surface area contributed by atoms with E-state index in [9.17, 15) is 4.79 Å². The minimum atomic E-state index is -0.0226. The number of nitrogens with zero attached hydrogens (tertiary/aromatic N) is 1. The number of likely N-dealkylation sites (N-methyl/N-ethyl adjacent to an activating group) is 1. The molecule has 1 saturated carbocycles. The summed E-state index contributed by atoms with van der Waals surface area (Å²) in [5.41, 5.74) is 0. The van der Waals surface area contributed by atoms with Crippen molar-refractivity contribution < 1.29 is 4.79 Å². The molecule has 0 heterocycles. The van der Waals surface area contributed by atoms with E-state index in [2.05, 4.69) is 5.32 Å². The Morgan fingerprint density at radius 2 is 2.23 bits per heavy atom. The Balaban J connectivity index is 2.19. The van der Waals surface area contributed by atoms with Gasteiger partial charge in [-0.2, -0.15) is 0 Å². The van der Waals surface area contributed by atoms with Gasteiger partial charge in [0.1, 0.15) is 0 Å². The molecule has 0 saturated heterocycles. The summed E-state index contributed by atoms with van der Waals surface area (Å²) in [6.45, 7) is 5.72. The lowest BCUT2D eigenvalue weighted by Gasteiger charge is -2.20. The van der Waals surface area contributed by atoms with Crippen molar-refractivity contribution in [3.05, 3.63) is 0 Å². The van der Waals surface area contributed by atoms with Crippen molar-refractivity contribution in [2.24, 2.45) is 5.92 Å². The van der Waals surface area contributed by atoms with Crippen LogP contribution in [-0.4, -0.2) is 37.0 Å². The molecule has 3 heteroatoms. The quantitative estimate of drug-likeness (QED) is 0.687. The molecule has 3 nitrogen and oxygen atoms in total. The van der Waals surface area contributed by atoms with Crippen LogP contribution in [0.1, 0.15) is 26.7 Å². The molecule has 76 valence electrons. The molecule has 0 aromatic rings. The molecule has 0 aliphatic heterocycles. The summed E-state index contributed by atoms with van der Waals surface area (Å²) in [4.78, 5) is 13.3. The van der Waals surface area contributed by atoms with Crippen LogP contribution in [0.25, 0.3) is 0 Å². The maximum Gasteiger partial charge on any atom is 0.239 e. The molecule has 1 amide bonds. The van der Waals surface area contributed by atoms with Crippen LogP contribution in [0.3, 0.4) is 0 Å². The third-order valence-corrected chi connectivity index (χ3v) is 2.63. The zero-order valence-electron chi connectivity index (χ0n) is 8.84. The number of rotatable bonds is 5. The molecule has 0 bridgehead atoms. The second-order valence-corrected chi connectivity index (χ2v) is 3.93. The SMILES string of the molecule is CCN(C)C(=O)C(C)NCC1CC1. The number of hydrogen-bond donors (Lipinski definition) is 1. The van der Waals surface area contributed by atoms with Crippen molar-refractivity contribution in [1.29, 1.82) is 0 Å². The fourth-order valence-electron chi connectivity index (χ4n) is 1.24. The Labute approximate surface area is 80.5 Å². The van der Waals surface area contributed by atoms with Crippen LogP contribution in [0.15, 0.2) is 0 Å². The lowest BCUT2D eigenvalue weighted by molar-refractivity contribution is -0.131. The van der Waals surface area contributed by atoms with Gasteiger partial charge in [-0.3, -0.25) is 4.79 Å². The van der Waals surface area contributed by atoms with Crippen LogP contribution in [0, 0.1) is 5.92 Å². The zero-order valence-corrected chi connectivity index (χ0v) is 8.84. The molecule has 1 atom stereocenters. The van der Waals surface area contributed by atoms with Gasteiger partial charge in [0.2, 0.25) is 5.91 Å². The fourth-order valence-corrected chi connectivity index (χ4v) is 1.24. The summed E-state index contributed by atoms with van der Waals surface area (Å²) in [7, 11) is 1.84. The molecule has 1 rings (SSSR count). The smallest absolute Gasteiger partial charge is 0.239 e. The van der Waals surface area contributed by atoms with Gasteiger partial charge >= 0.3 is 0 Å². The molecule has 1 N–H and O–H groups in total. The molecular weight excluding hydrogens is 164 g/mol. The minimum Gasteiger partial charge on any atom is -0.345 e. The van der Waals surface area contributed by atoms with Crippen LogP contribution < -0.4 is 5.32 Å². The predicted molar refractivity (Wildman–Crippen MR) is 53.5 cm³/mol. The lowest BCUT2D eigenvalue weighted by Crippen LogP contribution is -2.43. The average molecular weight is 184 g/mol. The van der Waals surface area contributed by atoms with Gasteiger partial charge in [0.05, 0.1) is 6.04 Å². The van der Waals surface area contributed by atoms with Crippen molar-refractivity contribution in [1.82, 2.24) is 10.2 Å². The molecule has 13 heavy (non-hydrogen) atoms. The number of amides is 1. The summed E-state index contributed by atoms with van der Waals surface area (Å²) < 4.78 is 0. The maximum absolute atomic E-state index is 11.6. The monoisotopic (exact) mass is 184 g/mol. The molecule has 1 unspecified atom stereocenters. The molecule has 1 fully saturated rings. The van der Waals surface area contributed by atoms with E-state index in [-0.39, 0.29) is 11.9 Å². The van der Waals surface area contributed by atoms with Crippen LogP contribution in [0.4, 0.5) is 0 Å². The highest BCUT2D eigenvalue weighted by Crippen LogP contribution is 2.27. The van der Waals surface area contributed by atoms with Gasteiger partial charge < -0.3 is 10.2 Å². The van der Waals surface area contributed by atoms with E-state index in [1.165, 1.54) is 12.8 Å². The van der Waals surface area contributed by atoms with E-state index in [4.69, 9.17) is 0 Å². The first-order chi connectivity index (χ1) is 6.15. The largest absolute Gasteiger partial charge is 0.345 e. The second-order valence-electron chi connectivity index (χ2n) is 3.93. The standard InChI is InChI=1S/C10H20N2O/c1-4-12(3)10(13)8(2)11-7-9-5-6-9/h8-9,11H,4-7H2,1-3H3. The number of nitrogens with one attached hydrogen (secondary N) is 1. The van der Waals surface area contributed by atoms with Crippen molar-refractivity contribution in [2.45, 2.75) is 32.7 Å². The summed E-state index contributed by atoms with van der Waals surface area (Å²) in [6.07, 6.45) is 2.66. The molecular formula is C10H20N2O. The van der Waals surface area contributed by atoms with Gasteiger partial charge in [0.25, 0.3) is 0 Å².